The van der Waals surface area contributed by atoms with Gasteiger partial charge < -0.3 is 15.6 Å². The Hall–Kier alpha value is -1.17. The second-order valence-corrected chi connectivity index (χ2v) is 10.7. The fraction of sp³-hybridized carbons (Fsp3) is 0.261. The highest BCUT2D eigenvalue weighted by Crippen LogP contribution is 2.36. The topological polar surface area (TPSA) is 43.1 Å². The van der Waals surface area contributed by atoms with E-state index in [0.717, 1.165) is 33.4 Å². The summed E-state index contributed by atoms with van der Waals surface area (Å²) in [6, 6.07) is 13.4. The molecule has 5 rings (SSSR count). The molecule has 0 radical (unpaired) electrons. The number of nitrogens with zero attached hydrogens (tertiary/aromatic N) is 1. The number of H-pyrrole nitrogens is 1. The van der Waals surface area contributed by atoms with Crippen LogP contribution in [-0.4, -0.2) is 34.1 Å². The molecule has 1 fully saturated rings. The van der Waals surface area contributed by atoms with Crippen LogP contribution in [0.4, 0.5) is 11.4 Å². The summed E-state index contributed by atoms with van der Waals surface area (Å²) in [6.07, 6.45) is 8.38. The lowest BCUT2D eigenvalue weighted by Crippen LogP contribution is -2.32. The molecule has 2 aliphatic rings. The van der Waals surface area contributed by atoms with Gasteiger partial charge in [0.05, 0.1) is 5.69 Å². The molecule has 30 heavy (non-hydrogen) atoms. The van der Waals surface area contributed by atoms with Crippen LogP contribution in [0, 0.1) is 7.14 Å². The summed E-state index contributed by atoms with van der Waals surface area (Å²) in [6.45, 7) is 2.33. The molecule has 1 unspecified atom stereocenters. The Morgan fingerprint density at radius 2 is 2.03 bits per heavy atom. The Kier molecular flexibility index (Phi) is 6.05. The lowest BCUT2D eigenvalue weighted by atomic mass is 9.94. The average Bonchev–Trinajstić information content (AvgIpc) is 3.36. The van der Waals surface area contributed by atoms with Crippen molar-refractivity contribution in [1.82, 2.24) is 9.88 Å². The minimum absolute atomic E-state index is 0.601. The van der Waals surface area contributed by atoms with E-state index in [9.17, 15) is 0 Å². The van der Waals surface area contributed by atoms with Crippen molar-refractivity contribution in [2.24, 2.45) is 0 Å². The number of fused-ring (bicyclic) bond motifs is 2. The van der Waals surface area contributed by atoms with Crippen molar-refractivity contribution in [2.75, 3.05) is 23.7 Å². The largest absolute Gasteiger partial charge is 0.361 e. The maximum atomic E-state index is 5.57. The minimum Gasteiger partial charge on any atom is -0.361 e. The van der Waals surface area contributed by atoms with Crippen molar-refractivity contribution >= 4 is 90.4 Å². The van der Waals surface area contributed by atoms with Crippen molar-refractivity contribution in [3.8, 4) is 0 Å². The molecule has 0 aliphatic carbocycles. The maximum Gasteiger partial charge on any atom is 0.175 e. The van der Waals surface area contributed by atoms with Crippen molar-refractivity contribution in [1.29, 1.82) is 0 Å². The Bertz CT molecular complexity index is 1150. The maximum absolute atomic E-state index is 5.57. The van der Waals surface area contributed by atoms with E-state index < -0.39 is 0 Å². The standard InChI is InChI=1S/C23H22I2N4S/c24-15-3-5-22(20(25)11-15)28-23(30)27-16-4-6-21-18(12-16)19(13-26-21)14-7-9-29-8-1-2-17(29)10-14/h3-7,11-13,17,26H,1-2,8-10H2,(H2,27,28,30). The Morgan fingerprint density at radius 1 is 1.13 bits per heavy atom. The van der Waals surface area contributed by atoms with Crippen molar-refractivity contribution in [2.45, 2.75) is 25.3 Å². The van der Waals surface area contributed by atoms with Crippen molar-refractivity contribution in [3.05, 3.63) is 61.4 Å². The summed E-state index contributed by atoms with van der Waals surface area (Å²) >= 11 is 10.2. The molecule has 2 aliphatic heterocycles. The van der Waals surface area contributed by atoms with Gasteiger partial charge in [-0.05, 0) is 125 Å². The number of halogens is 2. The number of benzene rings is 2. The molecule has 7 heteroatoms. The second-order valence-electron chi connectivity index (χ2n) is 7.89. The third-order valence-corrected chi connectivity index (χ3v) is 7.76. The Morgan fingerprint density at radius 3 is 2.90 bits per heavy atom. The summed E-state index contributed by atoms with van der Waals surface area (Å²) in [5.74, 6) is 0. The third-order valence-electron chi connectivity index (χ3n) is 5.99. The summed E-state index contributed by atoms with van der Waals surface area (Å²) in [7, 11) is 0. The zero-order chi connectivity index (χ0) is 20.7. The predicted molar refractivity (Wildman–Crippen MR) is 147 cm³/mol. The molecule has 3 N–H and O–H groups in total. The van der Waals surface area contributed by atoms with Gasteiger partial charge in [-0.3, -0.25) is 4.90 Å². The Balaban J connectivity index is 1.36. The molecule has 1 aromatic heterocycles. The van der Waals surface area contributed by atoms with Crippen LogP contribution in [0.15, 0.2) is 48.7 Å². The van der Waals surface area contributed by atoms with E-state index in [-0.39, 0.29) is 0 Å². The highest BCUT2D eigenvalue weighted by molar-refractivity contribution is 14.1. The first-order valence-corrected chi connectivity index (χ1v) is 12.7. The molecule has 2 aromatic carbocycles. The molecule has 1 saturated heterocycles. The molecule has 1 atom stereocenters. The normalized spacial score (nSPS) is 18.9. The van der Waals surface area contributed by atoms with Gasteiger partial charge in [-0.1, -0.05) is 6.08 Å². The van der Waals surface area contributed by atoms with Gasteiger partial charge in [0.15, 0.2) is 5.11 Å². The minimum atomic E-state index is 0.601. The molecular weight excluding hydrogens is 618 g/mol. The monoisotopic (exact) mass is 640 g/mol. The molecular formula is C23H22I2N4S. The zero-order valence-electron chi connectivity index (χ0n) is 16.3. The summed E-state index contributed by atoms with van der Waals surface area (Å²) in [4.78, 5) is 6.06. The molecule has 154 valence electrons. The summed E-state index contributed by atoms with van der Waals surface area (Å²) < 4.78 is 2.36. The first kappa shape index (κ1) is 20.7. The Labute approximate surface area is 209 Å². The number of thiocarbonyl (C=S) groups is 1. The van der Waals surface area contributed by atoms with Gasteiger partial charge >= 0.3 is 0 Å². The van der Waals surface area contributed by atoms with Crippen molar-refractivity contribution in [3.63, 3.8) is 0 Å². The molecule has 0 bridgehead atoms. The first-order chi connectivity index (χ1) is 14.6. The molecule has 0 spiro atoms. The molecule has 0 amide bonds. The molecule has 3 aromatic rings. The van der Waals surface area contributed by atoms with E-state index in [1.807, 2.05) is 0 Å². The number of rotatable bonds is 3. The van der Waals surface area contributed by atoms with E-state index in [0.29, 0.717) is 11.2 Å². The second kappa shape index (κ2) is 8.76. The highest BCUT2D eigenvalue weighted by Gasteiger charge is 2.28. The van der Waals surface area contributed by atoms with E-state index >= 15 is 0 Å². The smallest absolute Gasteiger partial charge is 0.175 e. The van der Waals surface area contributed by atoms with E-state index in [4.69, 9.17) is 12.2 Å². The van der Waals surface area contributed by atoms with Gasteiger partial charge in [-0.2, -0.15) is 0 Å². The zero-order valence-corrected chi connectivity index (χ0v) is 21.5. The predicted octanol–water partition coefficient (Wildman–Crippen LogP) is 6.44. The average molecular weight is 640 g/mol. The molecule has 0 saturated carbocycles. The van der Waals surface area contributed by atoms with E-state index in [2.05, 4.69) is 114 Å². The fourth-order valence-corrected chi connectivity index (χ4v) is 6.46. The highest BCUT2D eigenvalue weighted by atomic mass is 127. The van der Waals surface area contributed by atoms with Crippen LogP contribution in [0.25, 0.3) is 16.5 Å². The number of anilines is 2. The summed E-state index contributed by atoms with van der Waals surface area (Å²) in [5, 5.41) is 8.53. The number of hydrogen-bond donors (Lipinski definition) is 3. The van der Waals surface area contributed by atoms with Crippen LogP contribution in [0.2, 0.25) is 0 Å². The van der Waals surface area contributed by atoms with Crippen LogP contribution >= 0.6 is 57.4 Å². The van der Waals surface area contributed by atoms with E-state index in [1.54, 1.807) is 0 Å². The number of nitrogens with one attached hydrogen (secondary N) is 3. The van der Waals surface area contributed by atoms with Crippen LogP contribution < -0.4 is 10.6 Å². The lowest BCUT2D eigenvalue weighted by molar-refractivity contribution is 0.275. The lowest BCUT2D eigenvalue weighted by Gasteiger charge is -2.29. The van der Waals surface area contributed by atoms with Crippen molar-refractivity contribution < 1.29 is 0 Å². The van der Waals surface area contributed by atoms with Gasteiger partial charge in [0, 0.05) is 48.1 Å². The summed E-state index contributed by atoms with van der Waals surface area (Å²) in [5.41, 5.74) is 5.98. The molecule has 3 heterocycles. The number of aromatic amines is 1. The van der Waals surface area contributed by atoms with Crippen LogP contribution in [0.1, 0.15) is 24.8 Å². The van der Waals surface area contributed by atoms with E-state index in [1.165, 1.54) is 39.5 Å². The van der Waals surface area contributed by atoms with Gasteiger partial charge in [0.1, 0.15) is 0 Å². The van der Waals surface area contributed by atoms with Crippen LogP contribution in [0.3, 0.4) is 0 Å². The number of hydrogen-bond acceptors (Lipinski definition) is 2. The van der Waals surface area contributed by atoms with Gasteiger partial charge in [0.25, 0.3) is 0 Å². The van der Waals surface area contributed by atoms with Gasteiger partial charge in [-0.25, -0.2) is 0 Å². The first-order valence-electron chi connectivity index (χ1n) is 10.1. The molecule has 4 nitrogen and oxygen atoms in total. The van der Waals surface area contributed by atoms with Gasteiger partial charge in [0.2, 0.25) is 0 Å². The number of aromatic nitrogens is 1. The fourth-order valence-electron chi connectivity index (χ4n) is 4.49. The SMILES string of the molecule is S=C(Nc1ccc2[nH]cc(C3=CCN4CCCC4C3)c2c1)Nc1ccc(I)cc1I. The van der Waals surface area contributed by atoms with Gasteiger partial charge in [-0.15, -0.1) is 0 Å². The third kappa shape index (κ3) is 4.26. The van der Waals surface area contributed by atoms with Crippen LogP contribution in [-0.2, 0) is 0 Å². The van der Waals surface area contributed by atoms with Crippen LogP contribution in [0.5, 0.6) is 0 Å². The quantitative estimate of drug-likeness (QED) is 0.228.